The van der Waals surface area contributed by atoms with Crippen molar-refractivity contribution in [1.29, 1.82) is 0 Å². The zero-order chi connectivity index (χ0) is 11.4. The van der Waals surface area contributed by atoms with Gasteiger partial charge in [-0.1, -0.05) is 11.6 Å². The summed E-state index contributed by atoms with van der Waals surface area (Å²) in [7, 11) is 1.21. The number of hydrogen-bond acceptors (Lipinski definition) is 3. The highest BCUT2D eigenvalue weighted by Gasteiger charge is 2.15. The van der Waals surface area contributed by atoms with E-state index in [1.165, 1.54) is 19.2 Å². The van der Waals surface area contributed by atoms with Crippen molar-refractivity contribution in [3.63, 3.8) is 0 Å². The predicted octanol–water partition coefficient (Wildman–Crippen LogP) is 2.39. The van der Waals surface area contributed by atoms with Gasteiger partial charge in [0.15, 0.2) is 0 Å². The van der Waals surface area contributed by atoms with Crippen molar-refractivity contribution in [3.05, 3.63) is 28.5 Å². The van der Waals surface area contributed by atoms with Crippen LogP contribution in [0.15, 0.2) is 12.1 Å². The van der Waals surface area contributed by atoms with E-state index < -0.39 is 18.1 Å². The van der Waals surface area contributed by atoms with E-state index in [9.17, 15) is 13.6 Å². The molecule has 6 heteroatoms. The van der Waals surface area contributed by atoms with E-state index in [2.05, 4.69) is 9.72 Å². The normalized spacial score (nSPS) is 10.5. The van der Waals surface area contributed by atoms with Gasteiger partial charge in [0.2, 0.25) is 0 Å². The van der Waals surface area contributed by atoms with Crippen molar-refractivity contribution in [3.8, 4) is 0 Å². The quantitative estimate of drug-likeness (QED) is 0.755. The van der Waals surface area contributed by atoms with Crippen LogP contribution in [0.2, 0.25) is 5.02 Å². The standard InChI is InChI=1S/C9H8ClF2NO2/c1-15-7(14)4-5-2-3-6(10)8(13-5)9(11)12/h2-3,9H,4H2,1H3. The zero-order valence-electron chi connectivity index (χ0n) is 7.84. The van der Waals surface area contributed by atoms with Crippen molar-refractivity contribution in [2.24, 2.45) is 0 Å². The molecule has 1 aromatic heterocycles. The lowest BCUT2D eigenvalue weighted by molar-refractivity contribution is -0.139. The van der Waals surface area contributed by atoms with Crippen LogP contribution in [0.5, 0.6) is 0 Å². The summed E-state index contributed by atoms with van der Waals surface area (Å²) in [5.41, 5.74) is -0.306. The minimum atomic E-state index is -2.75. The lowest BCUT2D eigenvalue weighted by Crippen LogP contribution is -2.07. The number of methoxy groups -OCH3 is 1. The van der Waals surface area contributed by atoms with Crippen LogP contribution in [0.1, 0.15) is 17.8 Å². The third-order valence-electron chi connectivity index (χ3n) is 1.69. The van der Waals surface area contributed by atoms with Crippen LogP contribution in [-0.2, 0) is 16.0 Å². The number of aromatic nitrogens is 1. The summed E-state index contributed by atoms with van der Waals surface area (Å²) in [6.07, 6.45) is -2.90. The first kappa shape index (κ1) is 11.8. The van der Waals surface area contributed by atoms with Gasteiger partial charge in [-0.3, -0.25) is 4.79 Å². The molecule has 82 valence electrons. The Kier molecular flexibility index (Phi) is 3.96. The third kappa shape index (κ3) is 3.13. The summed E-state index contributed by atoms with van der Waals surface area (Å²) >= 11 is 5.50. The summed E-state index contributed by atoms with van der Waals surface area (Å²) in [5.74, 6) is -0.537. The van der Waals surface area contributed by atoms with E-state index in [0.717, 1.165) is 0 Å². The molecule has 0 aliphatic heterocycles. The van der Waals surface area contributed by atoms with E-state index in [1.807, 2.05) is 0 Å². The third-order valence-corrected chi connectivity index (χ3v) is 2.01. The van der Waals surface area contributed by atoms with E-state index in [1.54, 1.807) is 0 Å². The maximum Gasteiger partial charge on any atom is 0.311 e. The Balaban J connectivity index is 2.92. The van der Waals surface area contributed by atoms with Crippen molar-refractivity contribution in [2.45, 2.75) is 12.8 Å². The Morgan fingerprint density at radius 2 is 2.27 bits per heavy atom. The van der Waals surface area contributed by atoms with E-state index in [-0.39, 0.29) is 17.1 Å². The fourth-order valence-electron chi connectivity index (χ4n) is 0.972. The molecule has 0 saturated carbocycles. The fourth-order valence-corrected chi connectivity index (χ4v) is 1.16. The van der Waals surface area contributed by atoms with Crippen molar-refractivity contribution in [1.82, 2.24) is 4.98 Å². The molecule has 0 fully saturated rings. The number of hydrogen-bond donors (Lipinski definition) is 0. The molecule has 0 spiro atoms. The van der Waals surface area contributed by atoms with Gasteiger partial charge < -0.3 is 4.74 Å². The molecule has 0 amide bonds. The molecule has 0 unspecified atom stereocenters. The van der Waals surface area contributed by atoms with Crippen LogP contribution in [0.3, 0.4) is 0 Å². The summed E-state index contributed by atoms with van der Waals surface area (Å²) < 4.78 is 29.1. The van der Waals surface area contributed by atoms with Crippen molar-refractivity contribution in [2.75, 3.05) is 7.11 Å². The van der Waals surface area contributed by atoms with Crippen LogP contribution in [0, 0.1) is 0 Å². The first-order valence-corrected chi connectivity index (χ1v) is 4.42. The zero-order valence-corrected chi connectivity index (χ0v) is 8.59. The smallest absolute Gasteiger partial charge is 0.311 e. The molecule has 1 heterocycles. The second-order valence-corrected chi connectivity index (χ2v) is 3.13. The van der Waals surface area contributed by atoms with Gasteiger partial charge in [0, 0.05) is 0 Å². The van der Waals surface area contributed by atoms with E-state index in [0.29, 0.717) is 0 Å². The Bertz CT molecular complexity index is 371. The van der Waals surface area contributed by atoms with Crippen LogP contribution in [-0.4, -0.2) is 18.1 Å². The molecule has 0 bridgehead atoms. The second-order valence-electron chi connectivity index (χ2n) is 2.72. The average Bonchev–Trinajstić information content (AvgIpc) is 2.20. The molecule has 1 rings (SSSR count). The number of alkyl halides is 2. The molecular formula is C9H8ClF2NO2. The van der Waals surface area contributed by atoms with E-state index >= 15 is 0 Å². The summed E-state index contributed by atoms with van der Waals surface area (Å²) in [5, 5.41) is -0.112. The molecule has 0 atom stereocenters. The van der Waals surface area contributed by atoms with Crippen molar-refractivity contribution >= 4 is 17.6 Å². The van der Waals surface area contributed by atoms with Crippen LogP contribution >= 0.6 is 11.6 Å². The molecule has 0 aromatic carbocycles. The maximum absolute atomic E-state index is 12.4. The molecule has 0 N–H and O–H groups in total. The van der Waals surface area contributed by atoms with Gasteiger partial charge in [0.25, 0.3) is 6.43 Å². The molecule has 0 saturated heterocycles. The topological polar surface area (TPSA) is 39.2 Å². The summed E-state index contributed by atoms with van der Waals surface area (Å²) in [6, 6.07) is 2.69. The number of rotatable bonds is 3. The largest absolute Gasteiger partial charge is 0.469 e. The number of nitrogens with zero attached hydrogens (tertiary/aromatic N) is 1. The van der Waals surface area contributed by atoms with Crippen LogP contribution < -0.4 is 0 Å². The highest BCUT2D eigenvalue weighted by atomic mass is 35.5. The van der Waals surface area contributed by atoms with Gasteiger partial charge >= 0.3 is 5.97 Å². The van der Waals surface area contributed by atoms with Gasteiger partial charge in [0.05, 0.1) is 24.2 Å². The number of ether oxygens (including phenoxy) is 1. The number of carbonyl (C=O) groups is 1. The molecule has 0 aliphatic rings. The molecular weight excluding hydrogens is 228 g/mol. The molecule has 0 aliphatic carbocycles. The first-order valence-electron chi connectivity index (χ1n) is 4.05. The molecule has 15 heavy (non-hydrogen) atoms. The van der Waals surface area contributed by atoms with E-state index in [4.69, 9.17) is 11.6 Å². The lowest BCUT2D eigenvalue weighted by atomic mass is 10.2. The maximum atomic E-state index is 12.4. The predicted molar refractivity (Wildman–Crippen MR) is 49.9 cm³/mol. The van der Waals surface area contributed by atoms with Gasteiger partial charge in [-0.05, 0) is 12.1 Å². The highest BCUT2D eigenvalue weighted by molar-refractivity contribution is 6.31. The molecule has 0 radical (unpaired) electrons. The highest BCUT2D eigenvalue weighted by Crippen LogP contribution is 2.25. The second kappa shape index (κ2) is 5.02. The van der Waals surface area contributed by atoms with Gasteiger partial charge in [-0.15, -0.1) is 0 Å². The SMILES string of the molecule is COC(=O)Cc1ccc(Cl)c(C(F)F)n1. The Labute approximate surface area is 90.0 Å². The van der Waals surface area contributed by atoms with Crippen molar-refractivity contribution < 1.29 is 18.3 Å². The van der Waals surface area contributed by atoms with Gasteiger partial charge in [-0.2, -0.15) is 0 Å². The number of halogens is 3. The van der Waals surface area contributed by atoms with Gasteiger partial charge in [0.1, 0.15) is 5.69 Å². The summed E-state index contributed by atoms with van der Waals surface area (Å²) in [4.78, 5) is 14.4. The minimum Gasteiger partial charge on any atom is -0.469 e. The Hall–Kier alpha value is -1.23. The van der Waals surface area contributed by atoms with Gasteiger partial charge in [-0.25, -0.2) is 13.8 Å². The van der Waals surface area contributed by atoms with Crippen LogP contribution in [0.25, 0.3) is 0 Å². The Morgan fingerprint density at radius 3 is 2.80 bits per heavy atom. The lowest BCUT2D eigenvalue weighted by Gasteiger charge is -2.04. The average molecular weight is 236 g/mol. The minimum absolute atomic E-state index is 0.112. The number of carbonyl (C=O) groups excluding carboxylic acids is 1. The summed E-state index contributed by atoms with van der Waals surface area (Å²) in [6.45, 7) is 0. The molecule has 3 nitrogen and oxygen atoms in total. The fraction of sp³-hybridized carbons (Fsp3) is 0.333. The number of esters is 1. The Morgan fingerprint density at radius 1 is 1.60 bits per heavy atom. The number of pyridine rings is 1. The molecule has 1 aromatic rings. The first-order chi connectivity index (χ1) is 7.04. The monoisotopic (exact) mass is 235 g/mol. The van der Waals surface area contributed by atoms with Crippen LogP contribution in [0.4, 0.5) is 8.78 Å².